The number of rotatable bonds is 12. The second-order valence-electron chi connectivity index (χ2n) is 8.16. The van der Waals surface area contributed by atoms with Gasteiger partial charge in [-0.05, 0) is 12.1 Å². The van der Waals surface area contributed by atoms with E-state index in [1.165, 1.54) is 0 Å². The van der Waals surface area contributed by atoms with Gasteiger partial charge in [0.05, 0.1) is 48.7 Å². The van der Waals surface area contributed by atoms with Crippen molar-refractivity contribution in [2.45, 2.75) is 24.4 Å². The van der Waals surface area contributed by atoms with Crippen LogP contribution >= 0.6 is 0 Å². The maximum absolute atomic E-state index is 12.8. The van der Waals surface area contributed by atoms with E-state index in [2.05, 4.69) is 0 Å². The second-order valence-corrected chi connectivity index (χ2v) is 8.16. The minimum absolute atomic E-state index is 0.0206. The fourth-order valence-corrected chi connectivity index (χ4v) is 2.92. The van der Waals surface area contributed by atoms with Crippen LogP contribution in [0.25, 0.3) is 0 Å². The molecule has 0 saturated carbocycles. The molecule has 4 fully saturated rings. The van der Waals surface area contributed by atoms with E-state index in [9.17, 15) is 19.2 Å². The Kier molecular flexibility index (Phi) is 6.46. The number of ether oxygens (including phenoxy) is 8. The van der Waals surface area contributed by atoms with E-state index in [4.69, 9.17) is 37.9 Å². The number of hydrogen-bond donors (Lipinski definition) is 0. The number of epoxide rings is 4. The van der Waals surface area contributed by atoms with Crippen LogP contribution in [-0.4, -0.2) is 101 Å². The normalized spacial score (nSPS) is 25.6. The molecule has 34 heavy (non-hydrogen) atoms. The summed E-state index contributed by atoms with van der Waals surface area (Å²) < 4.78 is 41.0. The third-order valence-corrected chi connectivity index (χ3v) is 5.25. The lowest BCUT2D eigenvalue weighted by Gasteiger charge is -2.14. The Balaban J connectivity index is 1.44. The Labute approximate surface area is 193 Å². The van der Waals surface area contributed by atoms with Gasteiger partial charge < -0.3 is 37.9 Å². The highest BCUT2D eigenvalue weighted by molar-refractivity contribution is 6.10. The lowest BCUT2D eigenvalue weighted by Crippen LogP contribution is -2.23. The molecule has 4 heterocycles. The first-order valence-corrected chi connectivity index (χ1v) is 10.8. The monoisotopic (exact) mass is 478 g/mol. The quantitative estimate of drug-likeness (QED) is 0.224. The smallest absolute Gasteiger partial charge is 0.339 e. The van der Waals surface area contributed by atoms with Crippen molar-refractivity contribution >= 4 is 23.9 Å². The van der Waals surface area contributed by atoms with Crippen LogP contribution in [0.5, 0.6) is 0 Å². The van der Waals surface area contributed by atoms with Gasteiger partial charge in [0.2, 0.25) is 0 Å². The van der Waals surface area contributed by atoms with Crippen molar-refractivity contribution in [3.8, 4) is 0 Å². The lowest BCUT2D eigenvalue weighted by molar-refractivity contribution is 0.0414. The SMILES string of the molecule is O=C(OC[C@@H]1CO1)c1cc(C(=O)OC[C@@H]2CO2)c(C(=O)OC[C@@H]2CO2)cc1C(=O)OC[C@@H]1CO1. The molecule has 0 amide bonds. The molecule has 1 aromatic rings. The third-order valence-electron chi connectivity index (χ3n) is 5.25. The first-order valence-electron chi connectivity index (χ1n) is 10.8. The number of benzene rings is 1. The van der Waals surface area contributed by atoms with Gasteiger partial charge in [0.1, 0.15) is 50.8 Å². The summed E-state index contributed by atoms with van der Waals surface area (Å²) >= 11 is 0. The van der Waals surface area contributed by atoms with Crippen molar-refractivity contribution < 1.29 is 57.1 Å². The van der Waals surface area contributed by atoms with E-state index in [1.54, 1.807) is 0 Å². The van der Waals surface area contributed by atoms with Crippen molar-refractivity contribution in [2.24, 2.45) is 0 Å². The molecule has 0 unspecified atom stereocenters. The first kappa shape index (κ1) is 22.7. The molecule has 4 atom stereocenters. The summed E-state index contributed by atoms with van der Waals surface area (Å²) in [5.41, 5.74) is -1.00. The van der Waals surface area contributed by atoms with E-state index >= 15 is 0 Å². The van der Waals surface area contributed by atoms with E-state index in [0.717, 1.165) is 12.1 Å². The van der Waals surface area contributed by atoms with Crippen molar-refractivity contribution in [3.63, 3.8) is 0 Å². The van der Waals surface area contributed by atoms with Crippen LogP contribution < -0.4 is 0 Å². The highest BCUT2D eigenvalue weighted by Gasteiger charge is 2.33. The molecule has 0 N–H and O–H groups in total. The molecule has 5 rings (SSSR count). The molecule has 0 aliphatic carbocycles. The average Bonchev–Trinajstić information content (AvgIpc) is 3.65. The molecule has 0 bridgehead atoms. The predicted molar refractivity (Wildman–Crippen MR) is 107 cm³/mol. The van der Waals surface area contributed by atoms with Crippen LogP contribution in [0.1, 0.15) is 41.4 Å². The summed E-state index contributed by atoms with van der Waals surface area (Å²) in [6, 6.07) is 2.17. The van der Waals surface area contributed by atoms with Gasteiger partial charge in [-0.2, -0.15) is 0 Å². The molecule has 1 aromatic carbocycles. The molecular weight excluding hydrogens is 456 g/mol. The fourth-order valence-electron chi connectivity index (χ4n) is 2.92. The van der Waals surface area contributed by atoms with E-state index in [0.29, 0.717) is 26.4 Å². The topological polar surface area (TPSA) is 155 Å². The molecule has 12 heteroatoms. The Morgan fingerprint density at radius 2 is 0.735 bits per heavy atom. The first-order chi connectivity index (χ1) is 16.5. The van der Waals surface area contributed by atoms with Crippen molar-refractivity contribution in [3.05, 3.63) is 34.4 Å². The minimum atomic E-state index is -0.879. The van der Waals surface area contributed by atoms with Crippen LogP contribution in [-0.2, 0) is 37.9 Å². The zero-order valence-electron chi connectivity index (χ0n) is 18.0. The molecule has 0 radical (unpaired) electrons. The molecular formula is C22H22O12. The van der Waals surface area contributed by atoms with Crippen LogP contribution in [0.2, 0.25) is 0 Å². The number of carbonyl (C=O) groups excluding carboxylic acids is 4. The maximum atomic E-state index is 12.8. The van der Waals surface area contributed by atoms with Gasteiger partial charge in [-0.3, -0.25) is 0 Å². The van der Waals surface area contributed by atoms with Crippen LogP contribution in [0, 0.1) is 0 Å². The second kappa shape index (κ2) is 9.66. The molecule has 182 valence electrons. The number of esters is 4. The Hall–Kier alpha value is -3.06. The summed E-state index contributed by atoms with van der Waals surface area (Å²) in [4.78, 5) is 51.2. The lowest BCUT2D eigenvalue weighted by atomic mass is 9.98. The highest BCUT2D eigenvalue weighted by Crippen LogP contribution is 2.24. The Bertz CT molecular complexity index is 834. The standard InChI is InChI=1S/C22H22O12/c23-19(31-7-11-3-27-11)15-1-16(20(24)32-8-12-4-28-12)18(22(26)34-10-14-6-30-14)2-17(15)21(25)33-9-13-5-29-13/h1-2,11-14H,3-10H2/t11-,12-,13-,14-/m0/s1. The molecule has 4 aliphatic rings. The molecule has 4 saturated heterocycles. The van der Waals surface area contributed by atoms with Gasteiger partial charge in [0.15, 0.2) is 0 Å². The minimum Gasteiger partial charge on any atom is -0.459 e. The van der Waals surface area contributed by atoms with Crippen molar-refractivity contribution in [1.82, 2.24) is 0 Å². The predicted octanol–water partition coefficient (Wildman–Crippen LogP) is -0.0910. The molecule has 0 spiro atoms. The zero-order chi connectivity index (χ0) is 23.7. The van der Waals surface area contributed by atoms with E-state index in [-0.39, 0.29) is 73.1 Å². The van der Waals surface area contributed by atoms with Crippen LogP contribution in [0.15, 0.2) is 12.1 Å². The van der Waals surface area contributed by atoms with Crippen molar-refractivity contribution in [2.75, 3.05) is 52.9 Å². The maximum Gasteiger partial charge on any atom is 0.339 e. The summed E-state index contributed by atoms with van der Waals surface area (Å²) in [7, 11) is 0. The Morgan fingerprint density at radius 3 is 0.912 bits per heavy atom. The van der Waals surface area contributed by atoms with Gasteiger partial charge in [-0.15, -0.1) is 0 Å². The summed E-state index contributed by atoms with van der Waals surface area (Å²) in [6.07, 6.45) is -0.858. The van der Waals surface area contributed by atoms with Gasteiger partial charge >= 0.3 is 23.9 Å². The van der Waals surface area contributed by atoms with Crippen LogP contribution in [0.4, 0.5) is 0 Å². The zero-order valence-corrected chi connectivity index (χ0v) is 18.0. The molecule has 12 nitrogen and oxygen atoms in total. The fraction of sp³-hybridized carbons (Fsp3) is 0.545. The number of hydrogen-bond acceptors (Lipinski definition) is 12. The molecule has 0 aromatic heterocycles. The average molecular weight is 478 g/mol. The van der Waals surface area contributed by atoms with Gasteiger partial charge in [0.25, 0.3) is 0 Å². The van der Waals surface area contributed by atoms with E-state index < -0.39 is 23.9 Å². The summed E-state index contributed by atoms with van der Waals surface area (Å²) in [5, 5.41) is 0. The third kappa shape index (κ3) is 6.08. The number of carbonyl (C=O) groups is 4. The van der Waals surface area contributed by atoms with Crippen molar-refractivity contribution in [1.29, 1.82) is 0 Å². The van der Waals surface area contributed by atoms with E-state index in [1.807, 2.05) is 0 Å². The van der Waals surface area contributed by atoms with Crippen LogP contribution in [0.3, 0.4) is 0 Å². The summed E-state index contributed by atoms with van der Waals surface area (Å²) in [6.45, 7) is 1.75. The largest absolute Gasteiger partial charge is 0.459 e. The van der Waals surface area contributed by atoms with Gasteiger partial charge in [0, 0.05) is 0 Å². The van der Waals surface area contributed by atoms with Gasteiger partial charge in [-0.1, -0.05) is 0 Å². The highest BCUT2D eigenvalue weighted by atomic mass is 16.6. The van der Waals surface area contributed by atoms with Gasteiger partial charge in [-0.25, -0.2) is 19.2 Å². The Morgan fingerprint density at radius 1 is 0.529 bits per heavy atom. The molecule has 4 aliphatic heterocycles. The summed E-state index contributed by atoms with van der Waals surface area (Å²) in [5.74, 6) is -3.51.